The average molecular weight is 333 g/mol. The molecule has 0 fully saturated rings. The zero-order valence-corrected chi connectivity index (χ0v) is 13.4. The minimum atomic E-state index is -0.0641. The lowest BCUT2D eigenvalue weighted by Gasteiger charge is -2.20. The maximum Gasteiger partial charge on any atom is 0.258 e. The Morgan fingerprint density at radius 2 is 1.70 bits per heavy atom. The predicted molar refractivity (Wildman–Crippen MR) is 87.2 cm³/mol. The number of hydrogen-bond acceptors (Lipinski definition) is 2. The molecule has 0 saturated carbocycles. The van der Waals surface area contributed by atoms with E-state index in [1.54, 1.807) is 18.0 Å². The van der Waals surface area contributed by atoms with Crippen molar-refractivity contribution >= 4 is 33.2 Å². The number of rotatable bonds is 2. The molecule has 4 heteroatoms. The second-order valence-corrected chi connectivity index (χ2v) is 5.86. The lowest BCUT2D eigenvalue weighted by molar-refractivity contribution is 0.0993. The van der Waals surface area contributed by atoms with E-state index in [1.807, 2.05) is 44.2 Å². The molecule has 1 amide bonds. The first-order chi connectivity index (χ1) is 9.38. The van der Waals surface area contributed by atoms with E-state index in [9.17, 15) is 4.79 Å². The Bertz CT molecular complexity index is 647. The number of benzene rings is 2. The molecule has 0 bridgehead atoms. The van der Waals surface area contributed by atoms with Gasteiger partial charge < -0.3 is 10.6 Å². The SMILES string of the molecule is Cc1cc(C)cc(C(=O)N(C)c2ccc(Br)cc2N)c1. The number of nitrogen functional groups attached to an aromatic ring is 1. The van der Waals surface area contributed by atoms with Crippen LogP contribution in [-0.2, 0) is 0 Å². The van der Waals surface area contributed by atoms with Gasteiger partial charge >= 0.3 is 0 Å². The van der Waals surface area contributed by atoms with Gasteiger partial charge in [-0.3, -0.25) is 4.79 Å². The fraction of sp³-hybridized carbons (Fsp3) is 0.188. The van der Waals surface area contributed by atoms with Crippen molar-refractivity contribution in [2.45, 2.75) is 13.8 Å². The molecule has 3 nitrogen and oxygen atoms in total. The topological polar surface area (TPSA) is 46.3 Å². The number of carbonyl (C=O) groups is 1. The Hall–Kier alpha value is -1.81. The molecule has 0 aromatic heterocycles. The molecular weight excluding hydrogens is 316 g/mol. The standard InChI is InChI=1S/C16H17BrN2O/c1-10-6-11(2)8-12(7-10)16(20)19(3)15-5-4-13(17)9-14(15)18/h4-9H,18H2,1-3H3. The number of anilines is 2. The number of aryl methyl sites for hydroxylation is 2. The third-order valence-corrected chi connectivity index (χ3v) is 3.62. The van der Waals surface area contributed by atoms with Gasteiger partial charge in [0, 0.05) is 17.1 Å². The summed E-state index contributed by atoms with van der Waals surface area (Å²) in [6.45, 7) is 3.97. The van der Waals surface area contributed by atoms with Crippen LogP contribution in [0.4, 0.5) is 11.4 Å². The van der Waals surface area contributed by atoms with Gasteiger partial charge in [-0.05, 0) is 44.2 Å². The Labute approximate surface area is 127 Å². The van der Waals surface area contributed by atoms with E-state index in [0.717, 1.165) is 15.6 Å². The summed E-state index contributed by atoms with van der Waals surface area (Å²) >= 11 is 3.36. The molecule has 0 saturated heterocycles. The predicted octanol–water partition coefficient (Wildman–Crippen LogP) is 3.92. The molecule has 2 rings (SSSR count). The van der Waals surface area contributed by atoms with E-state index < -0.39 is 0 Å². The molecule has 2 aromatic carbocycles. The largest absolute Gasteiger partial charge is 0.397 e. The Morgan fingerprint density at radius 3 is 2.25 bits per heavy atom. The molecule has 0 aliphatic carbocycles. The molecule has 0 spiro atoms. The average Bonchev–Trinajstić information content (AvgIpc) is 2.36. The minimum absolute atomic E-state index is 0.0641. The summed E-state index contributed by atoms with van der Waals surface area (Å²) < 4.78 is 0.894. The minimum Gasteiger partial charge on any atom is -0.397 e. The van der Waals surface area contributed by atoms with Crippen LogP contribution in [0.1, 0.15) is 21.5 Å². The molecule has 20 heavy (non-hydrogen) atoms. The van der Waals surface area contributed by atoms with Crippen LogP contribution < -0.4 is 10.6 Å². The summed E-state index contributed by atoms with van der Waals surface area (Å²) in [4.78, 5) is 14.1. The van der Waals surface area contributed by atoms with Gasteiger partial charge in [0.15, 0.2) is 0 Å². The van der Waals surface area contributed by atoms with Gasteiger partial charge in [0.1, 0.15) is 0 Å². The van der Waals surface area contributed by atoms with Gasteiger partial charge in [0.05, 0.1) is 11.4 Å². The van der Waals surface area contributed by atoms with Crippen molar-refractivity contribution < 1.29 is 4.79 Å². The molecule has 104 valence electrons. The monoisotopic (exact) mass is 332 g/mol. The highest BCUT2D eigenvalue weighted by molar-refractivity contribution is 9.10. The van der Waals surface area contributed by atoms with Crippen molar-refractivity contribution in [3.05, 3.63) is 57.6 Å². The highest BCUT2D eigenvalue weighted by Crippen LogP contribution is 2.27. The zero-order valence-electron chi connectivity index (χ0n) is 11.8. The number of halogens is 1. The van der Waals surface area contributed by atoms with Crippen LogP contribution in [0.15, 0.2) is 40.9 Å². The van der Waals surface area contributed by atoms with Crippen LogP contribution in [0.3, 0.4) is 0 Å². The third-order valence-electron chi connectivity index (χ3n) is 3.12. The Morgan fingerprint density at radius 1 is 1.10 bits per heavy atom. The number of nitrogens with zero attached hydrogens (tertiary/aromatic N) is 1. The van der Waals surface area contributed by atoms with E-state index in [1.165, 1.54) is 0 Å². The van der Waals surface area contributed by atoms with Crippen LogP contribution in [0.5, 0.6) is 0 Å². The van der Waals surface area contributed by atoms with Crippen LogP contribution >= 0.6 is 15.9 Å². The third kappa shape index (κ3) is 3.02. The van der Waals surface area contributed by atoms with Crippen molar-refractivity contribution in [2.24, 2.45) is 0 Å². The van der Waals surface area contributed by atoms with E-state index >= 15 is 0 Å². The summed E-state index contributed by atoms with van der Waals surface area (Å²) in [5.74, 6) is -0.0641. The van der Waals surface area contributed by atoms with Gasteiger partial charge in [0.2, 0.25) is 0 Å². The molecule has 2 N–H and O–H groups in total. The highest BCUT2D eigenvalue weighted by Gasteiger charge is 2.16. The number of amides is 1. The fourth-order valence-electron chi connectivity index (χ4n) is 2.23. The first-order valence-electron chi connectivity index (χ1n) is 6.30. The molecule has 2 aromatic rings. The molecule has 0 heterocycles. The number of carbonyl (C=O) groups excluding carboxylic acids is 1. The first kappa shape index (κ1) is 14.6. The summed E-state index contributed by atoms with van der Waals surface area (Å²) in [5, 5.41) is 0. The van der Waals surface area contributed by atoms with Gasteiger partial charge in [-0.25, -0.2) is 0 Å². The summed E-state index contributed by atoms with van der Waals surface area (Å²) in [7, 11) is 1.74. The maximum absolute atomic E-state index is 12.5. The van der Waals surface area contributed by atoms with Crippen LogP contribution in [0, 0.1) is 13.8 Å². The van der Waals surface area contributed by atoms with Crippen LogP contribution in [-0.4, -0.2) is 13.0 Å². The summed E-state index contributed by atoms with van der Waals surface area (Å²) in [5.41, 5.74) is 10.1. The van der Waals surface area contributed by atoms with E-state index in [-0.39, 0.29) is 5.91 Å². The molecular formula is C16H17BrN2O. The van der Waals surface area contributed by atoms with Crippen molar-refractivity contribution in [3.8, 4) is 0 Å². The Kier molecular flexibility index (Phi) is 4.14. The van der Waals surface area contributed by atoms with Gasteiger partial charge in [-0.2, -0.15) is 0 Å². The van der Waals surface area contributed by atoms with Crippen molar-refractivity contribution in [2.75, 3.05) is 17.7 Å². The van der Waals surface area contributed by atoms with Crippen molar-refractivity contribution in [3.63, 3.8) is 0 Å². The maximum atomic E-state index is 12.5. The number of nitrogens with two attached hydrogens (primary N) is 1. The summed E-state index contributed by atoms with van der Waals surface area (Å²) in [6, 6.07) is 11.3. The molecule has 0 atom stereocenters. The Balaban J connectivity index is 2.37. The highest BCUT2D eigenvalue weighted by atomic mass is 79.9. The van der Waals surface area contributed by atoms with E-state index in [0.29, 0.717) is 16.9 Å². The smallest absolute Gasteiger partial charge is 0.258 e. The fourth-order valence-corrected chi connectivity index (χ4v) is 2.61. The van der Waals surface area contributed by atoms with Crippen molar-refractivity contribution in [1.82, 2.24) is 0 Å². The normalized spacial score (nSPS) is 10.4. The van der Waals surface area contributed by atoms with Crippen molar-refractivity contribution in [1.29, 1.82) is 0 Å². The van der Waals surface area contributed by atoms with Gasteiger partial charge in [-0.15, -0.1) is 0 Å². The number of hydrogen-bond donors (Lipinski definition) is 1. The first-order valence-corrected chi connectivity index (χ1v) is 7.09. The van der Waals surface area contributed by atoms with E-state index in [4.69, 9.17) is 5.73 Å². The lowest BCUT2D eigenvalue weighted by atomic mass is 10.1. The zero-order chi connectivity index (χ0) is 14.9. The van der Waals surface area contributed by atoms with Gasteiger partial charge in [0.25, 0.3) is 5.91 Å². The molecule has 0 radical (unpaired) electrons. The summed E-state index contributed by atoms with van der Waals surface area (Å²) in [6.07, 6.45) is 0. The molecule has 0 aliphatic rings. The lowest BCUT2D eigenvalue weighted by Crippen LogP contribution is -2.27. The quantitative estimate of drug-likeness (QED) is 0.847. The second kappa shape index (κ2) is 5.67. The van der Waals surface area contributed by atoms with Crippen LogP contribution in [0.25, 0.3) is 0 Å². The van der Waals surface area contributed by atoms with Crippen LogP contribution in [0.2, 0.25) is 0 Å². The van der Waals surface area contributed by atoms with E-state index in [2.05, 4.69) is 15.9 Å². The van der Waals surface area contributed by atoms with Gasteiger partial charge in [-0.1, -0.05) is 33.1 Å². The molecule has 0 aliphatic heterocycles. The molecule has 0 unspecified atom stereocenters. The second-order valence-electron chi connectivity index (χ2n) is 4.94.